The van der Waals surface area contributed by atoms with Crippen LogP contribution in [0.1, 0.15) is 17.2 Å². The Morgan fingerprint density at radius 3 is 2.25 bits per heavy atom. The molecular formula is C15H12FN3O. The Hall–Kier alpha value is -2.87. The summed E-state index contributed by atoms with van der Waals surface area (Å²) in [6, 6.07) is 13.4. The van der Waals surface area contributed by atoms with E-state index >= 15 is 0 Å². The molecule has 3 N–H and O–H groups in total. The molecule has 1 unspecified atom stereocenters. The number of hydrogen-bond acceptors (Lipinski definition) is 3. The van der Waals surface area contributed by atoms with Crippen molar-refractivity contribution in [2.45, 2.75) is 6.04 Å². The van der Waals surface area contributed by atoms with Crippen LogP contribution in [-0.2, 0) is 4.79 Å². The molecule has 0 radical (unpaired) electrons. The number of rotatable bonds is 4. The van der Waals surface area contributed by atoms with E-state index < -0.39 is 11.9 Å². The van der Waals surface area contributed by atoms with E-state index in [4.69, 9.17) is 11.0 Å². The molecule has 1 atom stereocenters. The number of nitrogens with two attached hydrogens (primary N) is 1. The molecule has 0 spiro atoms. The van der Waals surface area contributed by atoms with Gasteiger partial charge in [0.15, 0.2) is 0 Å². The fourth-order valence-corrected chi connectivity index (χ4v) is 1.78. The molecular weight excluding hydrogens is 257 g/mol. The van der Waals surface area contributed by atoms with E-state index in [9.17, 15) is 9.18 Å². The summed E-state index contributed by atoms with van der Waals surface area (Å²) >= 11 is 0. The van der Waals surface area contributed by atoms with Gasteiger partial charge in [-0.3, -0.25) is 4.79 Å². The number of nitrogens with zero attached hydrogens (tertiary/aromatic N) is 1. The number of benzene rings is 2. The molecule has 2 aromatic rings. The second-order valence-corrected chi connectivity index (χ2v) is 4.22. The van der Waals surface area contributed by atoms with Gasteiger partial charge in [-0.25, -0.2) is 4.39 Å². The predicted molar refractivity (Wildman–Crippen MR) is 73.1 cm³/mol. The number of carbonyl (C=O) groups is 1. The zero-order valence-corrected chi connectivity index (χ0v) is 10.5. The highest BCUT2D eigenvalue weighted by Gasteiger charge is 2.17. The zero-order valence-electron chi connectivity index (χ0n) is 10.5. The second kappa shape index (κ2) is 5.85. The number of anilines is 1. The second-order valence-electron chi connectivity index (χ2n) is 4.22. The fourth-order valence-electron chi connectivity index (χ4n) is 1.78. The van der Waals surface area contributed by atoms with Crippen LogP contribution in [0.5, 0.6) is 0 Å². The highest BCUT2D eigenvalue weighted by atomic mass is 19.1. The first kappa shape index (κ1) is 13.6. The van der Waals surface area contributed by atoms with E-state index in [2.05, 4.69) is 5.32 Å². The number of carbonyl (C=O) groups excluding carboxylic acids is 1. The lowest BCUT2D eigenvalue weighted by Crippen LogP contribution is -2.27. The molecule has 0 saturated heterocycles. The minimum atomic E-state index is -0.742. The Kier molecular flexibility index (Phi) is 3.96. The van der Waals surface area contributed by atoms with Gasteiger partial charge in [-0.1, -0.05) is 12.1 Å². The summed E-state index contributed by atoms with van der Waals surface area (Å²) in [6.45, 7) is 0. The standard InChI is InChI=1S/C15H12FN3O/c16-12-5-7-13(8-6-12)19-14(15(18)20)11-3-1-10(9-17)2-4-11/h1-8,14,19H,(H2,18,20). The van der Waals surface area contributed by atoms with E-state index in [0.29, 0.717) is 16.8 Å². The minimum absolute atomic E-state index is 0.357. The summed E-state index contributed by atoms with van der Waals surface area (Å²) in [7, 11) is 0. The molecule has 5 heteroatoms. The van der Waals surface area contributed by atoms with Crippen LogP contribution in [0.2, 0.25) is 0 Å². The van der Waals surface area contributed by atoms with Crippen LogP contribution in [0.15, 0.2) is 48.5 Å². The summed E-state index contributed by atoms with van der Waals surface area (Å²) in [5.74, 6) is -0.913. The number of primary amides is 1. The van der Waals surface area contributed by atoms with E-state index in [1.165, 1.54) is 24.3 Å². The van der Waals surface area contributed by atoms with Crippen molar-refractivity contribution < 1.29 is 9.18 Å². The van der Waals surface area contributed by atoms with Crippen molar-refractivity contribution >= 4 is 11.6 Å². The van der Waals surface area contributed by atoms with Gasteiger partial charge in [0.25, 0.3) is 0 Å². The van der Waals surface area contributed by atoms with Crippen molar-refractivity contribution in [3.8, 4) is 6.07 Å². The van der Waals surface area contributed by atoms with Gasteiger partial charge in [-0.2, -0.15) is 5.26 Å². The highest BCUT2D eigenvalue weighted by molar-refractivity contribution is 5.84. The van der Waals surface area contributed by atoms with Gasteiger partial charge in [-0.05, 0) is 42.0 Å². The number of nitriles is 1. The van der Waals surface area contributed by atoms with Crippen molar-refractivity contribution in [2.75, 3.05) is 5.32 Å². The van der Waals surface area contributed by atoms with Crippen molar-refractivity contribution in [1.82, 2.24) is 0 Å². The summed E-state index contributed by atoms with van der Waals surface area (Å²) in [5.41, 5.74) is 7.10. The zero-order chi connectivity index (χ0) is 14.5. The van der Waals surface area contributed by atoms with Crippen LogP contribution in [0, 0.1) is 17.1 Å². The van der Waals surface area contributed by atoms with Crippen LogP contribution in [0.3, 0.4) is 0 Å². The molecule has 2 aromatic carbocycles. The maximum atomic E-state index is 12.8. The fraction of sp³-hybridized carbons (Fsp3) is 0.0667. The molecule has 0 aliphatic heterocycles. The molecule has 100 valence electrons. The van der Waals surface area contributed by atoms with Gasteiger partial charge in [-0.15, -0.1) is 0 Å². The molecule has 20 heavy (non-hydrogen) atoms. The van der Waals surface area contributed by atoms with E-state index in [1.54, 1.807) is 24.3 Å². The van der Waals surface area contributed by atoms with Crippen LogP contribution < -0.4 is 11.1 Å². The van der Waals surface area contributed by atoms with Crippen LogP contribution in [0.4, 0.5) is 10.1 Å². The number of halogens is 1. The Bertz CT molecular complexity index is 644. The van der Waals surface area contributed by atoms with Crippen molar-refractivity contribution in [1.29, 1.82) is 5.26 Å². The van der Waals surface area contributed by atoms with Crippen molar-refractivity contribution in [2.24, 2.45) is 5.73 Å². The van der Waals surface area contributed by atoms with Crippen LogP contribution in [-0.4, -0.2) is 5.91 Å². The van der Waals surface area contributed by atoms with E-state index in [1.807, 2.05) is 6.07 Å². The first-order chi connectivity index (χ1) is 9.60. The molecule has 0 saturated carbocycles. The molecule has 0 bridgehead atoms. The average molecular weight is 269 g/mol. The summed E-state index contributed by atoms with van der Waals surface area (Å²) in [4.78, 5) is 11.5. The SMILES string of the molecule is N#Cc1ccc(C(Nc2ccc(F)cc2)C(N)=O)cc1. The van der Waals surface area contributed by atoms with Crippen LogP contribution in [0.25, 0.3) is 0 Å². The number of hydrogen-bond donors (Lipinski definition) is 2. The van der Waals surface area contributed by atoms with Gasteiger partial charge >= 0.3 is 0 Å². The maximum Gasteiger partial charge on any atom is 0.244 e. The molecule has 2 rings (SSSR count). The molecule has 0 heterocycles. The quantitative estimate of drug-likeness (QED) is 0.894. The Balaban J connectivity index is 2.24. The van der Waals surface area contributed by atoms with Crippen molar-refractivity contribution in [3.63, 3.8) is 0 Å². The van der Waals surface area contributed by atoms with E-state index in [-0.39, 0.29) is 5.82 Å². The first-order valence-corrected chi connectivity index (χ1v) is 5.91. The minimum Gasteiger partial charge on any atom is -0.370 e. The lowest BCUT2D eigenvalue weighted by atomic mass is 10.0. The van der Waals surface area contributed by atoms with Gasteiger partial charge in [0.05, 0.1) is 11.6 Å². The molecule has 0 aromatic heterocycles. The third-order valence-electron chi connectivity index (χ3n) is 2.81. The molecule has 0 aliphatic rings. The topological polar surface area (TPSA) is 78.9 Å². The maximum absolute atomic E-state index is 12.8. The third kappa shape index (κ3) is 3.12. The number of amides is 1. The summed E-state index contributed by atoms with van der Waals surface area (Å²) < 4.78 is 12.8. The Labute approximate surface area is 115 Å². The molecule has 4 nitrogen and oxygen atoms in total. The molecule has 0 aliphatic carbocycles. The van der Waals surface area contributed by atoms with Crippen molar-refractivity contribution in [3.05, 3.63) is 65.5 Å². The van der Waals surface area contributed by atoms with E-state index in [0.717, 1.165) is 0 Å². The largest absolute Gasteiger partial charge is 0.370 e. The van der Waals surface area contributed by atoms with Gasteiger partial charge in [0, 0.05) is 5.69 Å². The van der Waals surface area contributed by atoms with Gasteiger partial charge in [0.1, 0.15) is 11.9 Å². The third-order valence-corrected chi connectivity index (χ3v) is 2.81. The molecule has 0 fully saturated rings. The first-order valence-electron chi connectivity index (χ1n) is 5.91. The average Bonchev–Trinajstić information content (AvgIpc) is 2.46. The summed E-state index contributed by atoms with van der Waals surface area (Å²) in [5, 5.41) is 11.7. The normalized spacial score (nSPS) is 11.4. The predicted octanol–water partition coefficient (Wildman–Crippen LogP) is 2.34. The Morgan fingerprint density at radius 1 is 1.15 bits per heavy atom. The Morgan fingerprint density at radius 2 is 1.75 bits per heavy atom. The van der Waals surface area contributed by atoms with Gasteiger partial charge < -0.3 is 11.1 Å². The number of nitrogens with one attached hydrogen (secondary N) is 1. The van der Waals surface area contributed by atoms with Crippen LogP contribution >= 0.6 is 0 Å². The van der Waals surface area contributed by atoms with Gasteiger partial charge in [0.2, 0.25) is 5.91 Å². The summed E-state index contributed by atoms with van der Waals surface area (Å²) in [6.07, 6.45) is 0. The molecule has 1 amide bonds. The smallest absolute Gasteiger partial charge is 0.244 e. The lowest BCUT2D eigenvalue weighted by Gasteiger charge is -2.17. The lowest BCUT2D eigenvalue weighted by molar-refractivity contribution is -0.118. The highest BCUT2D eigenvalue weighted by Crippen LogP contribution is 2.20. The monoisotopic (exact) mass is 269 g/mol.